The zero-order valence-corrected chi connectivity index (χ0v) is 11.9. The standard InChI is InChI=1S/C14H19N3O4/c1-20-14(19)12-8-16(4-5-21-12)13(18)11-6-9(15)7-17(11)10-2-3-10/h6-7,10,12H,2-5,8,15H2,1H3. The Morgan fingerprint density at radius 1 is 1.43 bits per heavy atom. The number of hydrogen-bond donors (Lipinski definition) is 1. The summed E-state index contributed by atoms with van der Waals surface area (Å²) in [6, 6.07) is 2.07. The molecule has 2 heterocycles. The maximum Gasteiger partial charge on any atom is 0.336 e. The van der Waals surface area contributed by atoms with Crippen molar-refractivity contribution in [2.45, 2.75) is 25.0 Å². The lowest BCUT2D eigenvalue weighted by Gasteiger charge is -2.31. The molecular weight excluding hydrogens is 274 g/mol. The average Bonchev–Trinajstić information content (AvgIpc) is 3.28. The summed E-state index contributed by atoms with van der Waals surface area (Å²) in [7, 11) is 1.31. The number of methoxy groups -OCH3 is 1. The van der Waals surface area contributed by atoms with Gasteiger partial charge in [0, 0.05) is 18.8 Å². The summed E-state index contributed by atoms with van der Waals surface area (Å²) < 4.78 is 12.0. The van der Waals surface area contributed by atoms with Gasteiger partial charge in [-0.15, -0.1) is 0 Å². The second-order valence-corrected chi connectivity index (χ2v) is 5.43. The number of carbonyl (C=O) groups is 2. The van der Waals surface area contributed by atoms with Gasteiger partial charge >= 0.3 is 5.97 Å². The van der Waals surface area contributed by atoms with Gasteiger partial charge in [0.05, 0.1) is 25.9 Å². The minimum Gasteiger partial charge on any atom is -0.467 e. The summed E-state index contributed by atoms with van der Waals surface area (Å²) in [6.45, 7) is 0.995. The highest BCUT2D eigenvalue weighted by molar-refractivity contribution is 5.94. The van der Waals surface area contributed by atoms with E-state index in [9.17, 15) is 9.59 Å². The highest BCUT2D eigenvalue weighted by Gasteiger charge is 2.33. The fourth-order valence-corrected chi connectivity index (χ4v) is 2.60. The largest absolute Gasteiger partial charge is 0.467 e. The zero-order valence-electron chi connectivity index (χ0n) is 11.9. The lowest BCUT2D eigenvalue weighted by Crippen LogP contribution is -2.49. The zero-order chi connectivity index (χ0) is 15.0. The van der Waals surface area contributed by atoms with E-state index >= 15 is 0 Å². The lowest BCUT2D eigenvalue weighted by atomic mass is 10.2. The monoisotopic (exact) mass is 293 g/mol. The maximum absolute atomic E-state index is 12.7. The SMILES string of the molecule is COC(=O)C1CN(C(=O)c2cc(N)cn2C2CC2)CCO1. The topological polar surface area (TPSA) is 86.8 Å². The Labute approximate surface area is 122 Å². The van der Waals surface area contributed by atoms with Gasteiger partial charge in [0.15, 0.2) is 6.10 Å². The molecule has 1 atom stereocenters. The molecule has 1 aromatic rings. The summed E-state index contributed by atoms with van der Waals surface area (Å²) in [5.41, 5.74) is 6.99. The van der Waals surface area contributed by atoms with Crippen molar-refractivity contribution in [2.24, 2.45) is 0 Å². The molecule has 1 unspecified atom stereocenters. The van der Waals surface area contributed by atoms with Crippen LogP contribution in [0.1, 0.15) is 29.4 Å². The molecule has 1 saturated heterocycles. The van der Waals surface area contributed by atoms with Crippen LogP contribution in [0, 0.1) is 0 Å². The number of nitrogens with two attached hydrogens (primary N) is 1. The summed E-state index contributed by atoms with van der Waals surface area (Å²) in [5, 5.41) is 0. The Kier molecular flexibility index (Phi) is 3.59. The van der Waals surface area contributed by atoms with Crippen LogP contribution in [-0.2, 0) is 14.3 Å². The molecule has 1 amide bonds. The minimum atomic E-state index is -0.714. The quantitative estimate of drug-likeness (QED) is 0.816. The third-order valence-corrected chi connectivity index (χ3v) is 3.85. The van der Waals surface area contributed by atoms with Gasteiger partial charge in [-0.05, 0) is 18.9 Å². The van der Waals surface area contributed by atoms with Crippen LogP contribution in [0.4, 0.5) is 5.69 Å². The number of aromatic nitrogens is 1. The Balaban J connectivity index is 1.77. The third-order valence-electron chi connectivity index (χ3n) is 3.85. The fourth-order valence-electron chi connectivity index (χ4n) is 2.60. The molecule has 1 aliphatic heterocycles. The van der Waals surface area contributed by atoms with Crippen LogP contribution in [-0.4, -0.2) is 54.3 Å². The Hall–Kier alpha value is -2.02. The highest BCUT2D eigenvalue weighted by Crippen LogP contribution is 2.37. The lowest BCUT2D eigenvalue weighted by molar-refractivity contribution is -0.158. The molecule has 114 valence electrons. The van der Waals surface area contributed by atoms with Gasteiger partial charge in [0.1, 0.15) is 5.69 Å². The molecule has 2 aliphatic rings. The Morgan fingerprint density at radius 2 is 2.19 bits per heavy atom. The Bertz CT molecular complexity index is 565. The molecule has 2 N–H and O–H groups in total. The molecule has 3 rings (SSSR count). The van der Waals surface area contributed by atoms with Crippen molar-refractivity contribution in [1.29, 1.82) is 0 Å². The molecular formula is C14H19N3O4. The number of carbonyl (C=O) groups excluding carboxylic acids is 2. The van der Waals surface area contributed by atoms with Gasteiger partial charge in [0.2, 0.25) is 0 Å². The molecule has 0 aromatic carbocycles. The van der Waals surface area contributed by atoms with Crippen LogP contribution >= 0.6 is 0 Å². The van der Waals surface area contributed by atoms with E-state index in [4.69, 9.17) is 10.5 Å². The number of nitrogens with zero attached hydrogens (tertiary/aromatic N) is 2. The van der Waals surface area contributed by atoms with Crippen molar-refractivity contribution in [2.75, 3.05) is 32.5 Å². The molecule has 1 aromatic heterocycles. The number of rotatable bonds is 3. The van der Waals surface area contributed by atoms with Gasteiger partial charge < -0.3 is 24.7 Å². The number of ether oxygens (including phenoxy) is 2. The van der Waals surface area contributed by atoms with Gasteiger partial charge in [0.25, 0.3) is 5.91 Å². The van der Waals surface area contributed by atoms with Crippen molar-refractivity contribution in [3.8, 4) is 0 Å². The molecule has 1 aliphatic carbocycles. The third kappa shape index (κ3) is 2.73. The molecule has 21 heavy (non-hydrogen) atoms. The number of nitrogen functional groups attached to an aromatic ring is 1. The van der Waals surface area contributed by atoms with Crippen molar-refractivity contribution in [3.05, 3.63) is 18.0 Å². The van der Waals surface area contributed by atoms with E-state index in [0.29, 0.717) is 30.6 Å². The minimum absolute atomic E-state index is 0.115. The van der Waals surface area contributed by atoms with Crippen LogP contribution in [0.3, 0.4) is 0 Å². The molecule has 0 bridgehead atoms. The van der Waals surface area contributed by atoms with Crippen LogP contribution in [0.25, 0.3) is 0 Å². The number of morpholine rings is 1. The van der Waals surface area contributed by atoms with Gasteiger partial charge in [-0.1, -0.05) is 0 Å². The predicted molar refractivity (Wildman–Crippen MR) is 74.8 cm³/mol. The fraction of sp³-hybridized carbons (Fsp3) is 0.571. The van der Waals surface area contributed by atoms with Crippen molar-refractivity contribution < 1.29 is 19.1 Å². The van der Waals surface area contributed by atoms with E-state index in [0.717, 1.165) is 12.8 Å². The second kappa shape index (κ2) is 5.40. The maximum atomic E-state index is 12.7. The first-order valence-corrected chi connectivity index (χ1v) is 7.06. The molecule has 1 saturated carbocycles. The molecule has 7 nitrogen and oxygen atoms in total. The number of anilines is 1. The summed E-state index contributed by atoms with van der Waals surface area (Å²) in [6.07, 6.45) is 3.24. The van der Waals surface area contributed by atoms with Gasteiger partial charge in [-0.25, -0.2) is 4.79 Å². The van der Waals surface area contributed by atoms with Crippen molar-refractivity contribution in [3.63, 3.8) is 0 Å². The van der Waals surface area contributed by atoms with Crippen molar-refractivity contribution >= 4 is 17.6 Å². The molecule has 2 fully saturated rings. The van der Waals surface area contributed by atoms with Gasteiger partial charge in [-0.2, -0.15) is 0 Å². The van der Waals surface area contributed by atoms with Crippen LogP contribution in [0.15, 0.2) is 12.3 Å². The van der Waals surface area contributed by atoms with Gasteiger partial charge in [-0.3, -0.25) is 4.79 Å². The van der Waals surface area contributed by atoms with E-state index in [2.05, 4.69) is 4.74 Å². The number of hydrogen-bond acceptors (Lipinski definition) is 5. The molecule has 7 heteroatoms. The Morgan fingerprint density at radius 3 is 2.86 bits per heavy atom. The normalized spacial score (nSPS) is 22.1. The first-order valence-electron chi connectivity index (χ1n) is 7.06. The average molecular weight is 293 g/mol. The van der Waals surface area contributed by atoms with Crippen molar-refractivity contribution in [1.82, 2.24) is 9.47 Å². The van der Waals surface area contributed by atoms with Crippen LogP contribution in [0.2, 0.25) is 0 Å². The van der Waals surface area contributed by atoms with E-state index in [-0.39, 0.29) is 12.5 Å². The van der Waals surface area contributed by atoms with E-state index in [1.165, 1.54) is 7.11 Å². The summed E-state index contributed by atoms with van der Waals surface area (Å²) >= 11 is 0. The summed E-state index contributed by atoms with van der Waals surface area (Å²) in [4.78, 5) is 25.8. The van der Waals surface area contributed by atoms with E-state index in [1.807, 2.05) is 10.8 Å². The van der Waals surface area contributed by atoms with Crippen LogP contribution < -0.4 is 5.73 Å². The first kappa shape index (κ1) is 13.9. The smallest absolute Gasteiger partial charge is 0.336 e. The second-order valence-electron chi connectivity index (χ2n) is 5.43. The predicted octanol–water partition coefficient (Wildman–Crippen LogP) is 0.419. The first-order chi connectivity index (χ1) is 10.1. The highest BCUT2D eigenvalue weighted by atomic mass is 16.6. The van der Waals surface area contributed by atoms with E-state index in [1.54, 1.807) is 11.0 Å². The van der Waals surface area contributed by atoms with E-state index < -0.39 is 12.1 Å². The van der Waals surface area contributed by atoms with Crippen LogP contribution in [0.5, 0.6) is 0 Å². The number of esters is 1. The molecule has 0 radical (unpaired) electrons. The summed E-state index contributed by atoms with van der Waals surface area (Å²) in [5.74, 6) is -0.569. The number of amides is 1. The molecule has 0 spiro atoms.